The maximum Gasteiger partial charge on any atom is 0.0566 e. The molecule has 1 heteroatoms. The molecule has 0 heterocycles. The Balaban J connectivity index is 2.52. The molecule has 74 valence electrons. The largest absolute Gasteiger partial charge is 0.0762 e. The number of allylic oxidation sites excluding steroid dienone is 2. The molecule has 0 nitrogen and oxygen atoms in total. The van der Waals surface area contributed by atoms with Gasteiger partial charge in [-0.05, 0) is 29.2 Å². The van der Waals surface area contributed by atoms with Gasteiger partial charge >= 0.3 is 0 Å². The van der Waals surface area contributed by atoms with E-state index in [0.717, 1.165) is 5.54 Å². The molecule has 1 aliphatic carbocycles. The van der Waals surface area contributed by atoms with Crippen LogP contribution < -0.4 is 0 Å². The summed E-state index contributed by atoms with van der Waals surface area (Å²) >= 11 is 0. The summed E-state index contributed by atoms with van der Waals surface area (Å²) in [6.45, 7) is 9.58. The molecule has 1 aliphatic rings. The molecule has 0 saturated heterocycles. The zero-order chi connectivity index (χ0) is 10.3. The summed E-state index contributed by atoms with van der Waals surface area (Å²) in [5, 5.41) is 0. The molecule has 0 spiro atoms. The smallest absolute Gasteiger partial charge is 0.0566 e. The lowest BCUT2D eigenvalue weighted by molar-refractivity contribution is 1.16. The Hall–Kier alpha value is -0.823. The molecular weight excluding hydrogens is 184 g/mol. The predicted molar refractivity (Wildman–Crippen MR) is 66.2 cm³/mol. The van der Waals surface area contributed by atoms with Crippen LogP contribution in [-0.4, -0.2) is 8.07 Å². The van der Waals surface area contributed by atoms with E-state index in [2.05, 4.69) is 56.9 Å². The zero-order valence-corrected chi connectivity index (χ0v) is 10.5. The van der Waals surface area contributed by atoms with E-state index in [9.17, 15) is 0 Å². The molecule has 0 saturated carbocycles. The molecule has 0 aromatic heterocycles. The first-order chi connectivity index (χ1) is 6.50. The Kier molecular flexibility index (Phi) is 2.15. The van der Waals surface area contributed by atoms with Crippen LogP contribution in [0.4, 0.5) is 0 Å². The van der Waals surface area contributed by atoms with Crippen LogP contribution >= 0.6 is 0 Å². The Morgan fingerprint density at radius 3 is 2.36 bits per heavy atom. The fourth-order valence-corrected chi connectivity index (χ4v) is 4.21. The molecule has 1 atom stereocenters. The molecule has 2 rings (SSSR count). The molecule has 0 fully saturated rings. The van der Waals surface area contributed by atoms with Crippen molar-refractivity contribution in [3.05, 3.63) is 41.5 Å². The first kappa shape index (κ1) is 9.72. The molecule has 0 radical (unpaired) electrons. The average Bonchev–Trinajstić information content (AvgIpc) is 2.44. The maximum atomic E-state index is 2.47. The first-order valence-corrected chi connectivity index (χ1v) is 8.85. The quantitative estimate of drug-likeness (QED) is 0.602. The van der Waals surface area contributed by atoms with E-state index < -0.39 is 8.07 Å². The van der Waals surface area contributed by atoms with Crippen molar-refractivity contribution < 1.29 is 0 Å². The Morgan fingerprint density at radius 2 is 1.71 bits per heavy atom. The summed E-state index contributed by atoms with van der Waals surface area (Å²) in [4.78, 5) is 0. The van der Waals surface area contributed by atoms with Crippen molar-refractivity contribution >= 4 is 13.6 Å². The third-order valence-electron chi connectivity index (χ3n) is 3.07. The lowest BCUT2D eigenvalue weighted by atomic mass is 10.1. The van der Waals surface area contributed by atoms with Gasteiger partial charge < -0.3 is 0 Å². The van der Waals surface area contributed by atoms with E-state index in [1.165, 1.54) is 11.1 Å². The fraction of sp³-hybridized carbons (Fsp3) is 0.385. The van der Waals surface area contributed by atoms with Gasteiger partial charge in [-0.15, -0.1) is 0 Å². The van der Waals surface area contributed by atoms with Crippen LogP contribution in [0.15, 0.2) is 30.3 Å². The van der Waals surface area contributed by atoms with Gasteiger partial charge in [-0.25, -0.2) is 0 Å². The highest BCUT2D eigenvalue weighted by Gasteiger charge is 2.31. The zero-order valence-electron chi connectivity index (χ0n) is 9.46. The van der Waals surface area contributed by atoms with Gasteiger partial charge in [-0.3, -0.25) is 0 Å². The van der Waals surface area contributed by atoms with Crippen molar-refractivity contribution in [2.75, 3.05) is 0 Å². The average molecular weight is 202 g/mol. The molecular formula is C13H18Si. The SMILES string of the molecule is CC1=C[C@@H]([Si](C)(C)C)c2ccccc21. The number of fused-ring (bicyclic) bond motifs is 1. The summed E-state index contributed by atoms with van der Waals surface area (Å²) in [6, 6.07) is 8.85. The van der Waals surface area contributed by atoms with Gasteiger partial charge in [0.25, 0.3) is 0 Å². The van der Waals surface area contributed by atoms with Gasteiger partial charge in [0.05, 0.1) is 8.07 Å². The molecule has 0 bridgehead atoms. The first-order valence-electron chi connectivity index (χ1n) is 5.28. The van der Waals surface area contributed by atoms with E-state index in [0.29, 0.717) is 0 Å². The van der Waals surface area contributed by atoms with E-state index in [-0.39, 0.29) is 0 Å². The summed E-state index contributed by atoms with van der Waals surface area (Å²) in [5.41, 5.74) is 5.22. The highest BCUT2D eigenvalue weighted by Crippen LogP contribution is 2.40. The van der Waals surface area contributed by atoms with E-state index in [1.54, 1.807) is 5.56 Å². The maximum absolute atomic E-state index is 2.47. The number of hydrogen-bond donors (Lipinski definition) is 0. The van der Waals surface area contributed by atoms with Crippen molar-refractivity contribution in [3.8, 4) is 0 Å². The molecule has 14 heavy (non-hydrogen) atoms. The highest BCUT2D eigenvalue weighted by molar-refractivity contribution is 6.78. The Bertz CT molecular complexity index is 382. The Labute approximate surface area is 87.7 Å². The van der Waals surface area contributed by atoms with Crippen molar-refractivity contribution in [3.63, 3.8) is 0 Å². The standard InChI is InChI=1S/C13H18Si/c1-10-9-13(14(2,3)4)12-8-6-5-7-11(10)12/h5-9,13H,1-4H3/t13-/m1/s1. The van der Waals surface area contributed by atoms with Crippen molar-refractivity contribution in [1.29, 1.82) is 0 Å². The monoisotopic (exact) mass is 202 g/mol. The molecule has 1 aromatic rings. The van der Waals surface area contributed by atoms with E-state index >= 15 is 0 Å². The predicted octanol–water partition coefficient (Wildman–Crippen LogP) is 4.06. The van der Waals surface area contributed by atoms with Gasteiger partial charge in [0.1, 0.15) is 0 Å². The van der Waals surface area contributed by atoms with Crippen LogP contribution in [0.25, 0.3) is 5.57 Å². The van der Waals surface area contributed by atoms with Gasteiger partial charge in [0.2, 0.25) is 0 Å². The van der Waals surface area contributed by atoms with Crippen LogP contribution in [-0.2, 0) is 0 Å². The summed E-state index contributed by atoms with van der Waals surface area (Å²) in [7, 11) is -1.09. The minimum Gasteiger partial charge on any atom is -0.0762 e. The lowest BCUT2D eigenvalue weighted by Gasteiger charge is -2.24. The van der Waals surface area contributed by atoms with Crippen LogP contribution in [0.2, 0.25) is 19.6 Å². The Morgan fingerprint density at radius 1 is 1.07 bits per heavy atom. The minimum absolute atomic E-state index is 0.721. The number of hydrogen-bond acceptors (Lipinski definition) is 0. The molecule has 0 aliphatic heterocycles. The van der Waals surface area contributed by atoms with E-state index in [4.69, 9.17) is 0 Å². The number of benzene rings is 1. The molecule has 1 aromatic carbocycles. The van der Waals surface area contributed by atoms with Crippen LogP contribution in [0, 0.1) is 0 Å². The number of rotatable bonds is 1. The van der Waals surface area contributed by atoms with Gasteiger partial charge in [0, 0.05) is 0 Å². The second-order valence-corrected chi connectivity index (χ2v) is 10.6. The molecule has 0 N–H and O–H groups in total. The summed E-state index contributed by atoms with van der Waals surface area (Å²) < 4.78 is 0. The van der Waals surface area contributed by atoms with Crippen LogP contribution in [0.5, 0.6) is 0 Å². The van der Waals surface area contributed by atoms with E-state index in [1.807, 2.05) is 0 Å². The molecule has 0 unspecified atom stereocenters. The van der Waals surface area contributed by atoms with Gasteiger partial charge in [0.15, 0.2) is 0 Å². The van der Waals surface area contributed by atoms with Crippen molar-refractivity contribution in [2.45, 2.75) is 32.1 Å². The lowest BCUT2D eigenvalue weighted by Crippen LogP contribution is -2.28. The van der Waals surface area contributed by atoms with Crippen molar-refractivity contribution in [1.82, 2.24) is 0 Å². The summed E-state index contributed by atoms with van der Waals surface area (Å²) in [5.74, 6) is 0. The second-order valence-electron chi connectivity index (χ2n) is 5.28. The van der Waals surface area contributed by atoms with Gasteiger partial charge in [-0.1, -0.05) is 50.0 Å². The van der Waals surface area contributed by atoms with Crippen LogP contribution in [0.1, 0.15) is 23.6 Å². The van der Waals surface area contributed by atoms with Crippen LogP contribution in [0.3, 0.4) is 0 Å². The fourth-order valence-electron chi connectivity index (χ4n) is 2.27. The van der Waals surface area contributed by atoms with Gasteiger partial charge in [-0.2, -0.15) is 0 Å². The third-order valence-corrected chi connectivity index (χ3v) is 5.41. The minimum atomic E-state index is -1.09. The third kappa shape index (κ3) is 1.46. The second kappa shape index (κ2) is 3.09. The molecule has 0 amide bonds. The summed E-state index contributed by atoms with van der Waals surface area (Å²) in [6.07, 6.45) is 2.47. The topological polar surface area (TPSA) is 0 Å². The van der Waals surface area contributed by atoms with Crippen molar-refractivity contribution in [2.24, 2.45) is 0 Å². The normalized spacial score (nSPS) is 20.6. The highest BCUT2D eigenvalue weighted by atomic mass is 28.3.